The molecule has 1 aliphatic heterocycles. The molecule has 6 nitrogen and oxygen atoms in total. The molecule has 1 unspecified atom stereocenters. The van der Waals surface area contributed by atoms with Crippen molar-refractivity contribution in [2.45, 2.75) is 30.7 Å². The van der Waals surface area contributed by atoms with Gasteiger partial charge in [0.15, 0.2) is 0 Å². The van der Waals surface area contributed by atoms with E-state index in [9.17, 15) is 22.4 Å². The van der Waals surface area contributed by atoms with Crippen molar-refractivity contribution in [3.05, 3.63) is 94.8 Å². The van der Waals surface area contributed by atoms with Gasteiger partial charge in [0, 0.05) is 11.6 Å². The summed E-state index contributed by atoms with van der Waals surface area (Å²) in [6.07, 6.45) is -0.0217. The normalized spacial score (nSPS) is 16.5. The molecule has 3 aromatic carbocycles. The van der Waals surface area contributed by atoms with E-state index in [4.69, 9.17) is 11.6 Å². The van der Waals surface area contributed by atoms with Crippen molar-refractivity contribution in [3.63, 3.8) is 0 Å². The summed E-state index contributed by atoms with van der Waals surface area (Å²) in [4.78, 5) is 27.1. The van der Waals surface area contributed by atoms with Gasteiger partial charge >= 0.3 is 0 Å². The number of benzene rings is 3. The van der Waals surface area contributed by atoms with Crippen LogP contribution in [0, 0.1) is 12.7 Å². The SMILES string of the molecule is Cc1ccc(N2C(=O)CC(N(CCc3cccc(Cl)c3)S(=O)(=O)c3ccc(F)cc3)C2=O)cc1. The molecule has 1 saturated heterocycles. The number of hydrogen-bond donors (Lipinski definition) is 0. The fourth-order valence-electron chi connectivity index (χ4n) is 3.92. The van der Waals surface area contributed by atoms with Crippen LogP contribution in [0.5, 0.6) is 0 Å². The lowest BCUT2D eigenvalue weighted by Crippen LogP contribution is -2.46. The van der Waals surface area contributed by atoms with Crippen LogP contribution < -0.4 is 4.90 Å². The number of imide groups is 1. The summed E-state index contributed by atoms with van der Waals surface area (Å²) in [5.41, 5.74) is 2.12. The molecule has 0 radical (unpaired) electrons. The lowest BCUT2D eigenvalue weighted by atomic mass is 10.1. The molecule has 1 heterocycles. The maximum atomic E-state index is 13.6. The Bertz CT molecular complexity index is 1330. The summed E-state index contributed by atoms with van der Waals surface area (Å²) in [7, 11) is -4.22. The maximum Gasteiger partial charge on any atom is 0.252 e. The van der Waals surface area contributed by atoms with Crippen molar-refractivity contribution in [3.8, 4) is 0 Å². The predicted octanol–water partition coefficient (Wildman–Crippen LogP) is 4.35. The van der Waals surface area contributed by atoms with Crippen LogP contribution in [-0.4, -0.2) is 37.1 Å². The Morgan fingerprint density at radius 1 is 1.03 bits per heavy atom. The molecule has 0 aliphatic carbocycles. The van der Waals surface area contributed by atoms with E-state index in [1.54, 1.807) is 48.5 Å². The zero-order chi connectivity index (χ0) is 24.5. The molecule has 9 heteroatoms. The van der Waals surface area contributed by atoms with Crippen molar-refractivity contribution < 1.29 is 22.4 Å². The fraction of sp³-hybridized carbons (Fsp3) is 0.200. The monoisotopic (exact) mass is 500 g/mol. The number of sulfonamides is 1. The number of nitrogens with zero attached hydrogens (tertiary/aromatic N) is 2. The number of amides is 2. The Kier molecular flexibility index (Phi) is 6.84. The standard InChI is InChI=1S/C25H22ClFN2O4S/c1-17-5-9-21(10-6-17)29-24(30)16-23(25(29)31)28(14-13-18-3-2-4-19(26)15-18)34(32,33)22-11-7-20(27)8-12-22/h2-12,15,23H,13-14,16H2,1H3. The van der Waals surface area contributed by atoms with Gasteiger partial charge in [-0.15, -0.1) is 0 Å². The predicted molar refractivity (Wildman–Crippen MR) is 128 cm³/mol. The van der Waals surface area contributed by atoms with E-state index in [2.05, 4.69) is 0 Å². The van der Waals surface area contributed by atoms with Crippen molar-refractivity contribution in [2.24, 2.45) is 0 Å². The third-order valence-corrected chi connectivity index (χ3v) is 7.85. The van der Waals surface area contributed by atoms with Crippen molar-refractivity contribution in [1.82, 2.24) is 4.31 Å². The van der Waals surface area contributed by atoms with Gasteiger partial charge in [-0.2, -0.15) is 4.31 Å². The van der Waals surface area contributed by atoms with E-state index in [-0.39, 0.29) is 24.3 Å². The van der Waals surface area contributed by atoms with Crippen LogP contribution >= 0.6 is 11.6 Å². The highest BCUT2D eigenvalue weighted by Gasteiger charge is 2.46. The minimum absolute atomic E-state index is 0.0640. The summed E-state index contributed by atoms with van der Waals surface area (Å²) in [6, 6.07) is 17.0. The highest BCUT2D eigenvalue weighted by molar-refractivity contribution is 7.89. The number of carbonyl (C=O) groups is 2. The van der Waals surface area contributed by atoms with Crippen LogP contribution in [0.3, 0.4) is 0 Å². The second-order valence-corrected chi connectivity index (χ2v) is 10.4. The molecule has 0 N–H and O–H groups in total. The minimum atomic E-state index is -4.22. The number of carbonyl (C=O) groups excluding carboxylic acids is 2. The van der Waals surface area contributed by atoms with Gasteiger partial charge in [-0.3, -0.25) is 9.59 Å². The van der Waals surface area contributed by atoms with Gasteiger partial charge in [-0.05, 0) is 67.4 Å². The van der Waals surface area contributed by atoms with Crippen molar-refractivity contribution >= 4 is 39.1 Å². The molecule has 1 aliphatic rings. The topological polar surface area (TPSA) is 74.8 Å². The summed E-state index contributed by atoms with van der Waals surface area (Å²) >= 11 is 6.06. The van der Waals surface area contributed by atoms with Gasteiger partial charge in [0.25, 0.3) is 5.91 Å². The number of hydrogen-bond acceptors (Lipinski definition) is 4. The Balaban J connectivity index is 1.69. The fourth-order valence-corrected chi connectivity index (χ4v) is 5.72. The quantitative estimate of drug-likeness (QED) is 0.452. The Hall–Kier alpha value is -3.07. The minimum Gasteiger partial charge on any atom is -0.274 e. The lowest BCUT2D eigenvalue weighted by Gasteiger charge is -2.27. The zero-order valence-corrected chi connectivity index (χ0v) is 19.9. The molecule has 1 atom stereocenters. The van der Waals surface area contributed by atoms with Crippen LogP contribution in [0.25, 0.3) is 0 Å². The zero-order valence-electron chi connectivity index (χ0n) is 18.3. The second-order valence-electron chi connectivity index (χ2n) is 8.07. The molecule has 1 fully saturated rings. The first kappa shape index (κ1) is 24.1. The van der Waals surface area contributed by atoms with Gasteiger partial charge in [0.2, 0.25) is 15.9 Å². The third kappa shape index (κ3) is 4.89. The molecule has 34 heavy (non-hydrogen) atoms. The van der Waals surface area contributed by atoms with Gasteiger partial charge in [-0.25, -0.2) is 17.7 Å². The molecule has 3 aromatic rings. The van der Waals surface area contributed by atoms with Gasteiger partial charge in [0.1, 0.15) is 11.9 Å². The third-order valence-electron chi connectivity index (χ3n) is 5.69. The molecule has 0 bridgehead atoms. The average Bonchev–Trinajstić information content (AvgIpc) is 3.08. The van der Waals surface area contributed by atoms with E-state index < -0.39 is 33.7 Å². The Labute approximate surface area is 202 Å². The smallest absolute Gasteiger partial charge is 0.252 e. The summed E-state index contributed by atoms with van der Waals surface area (Å²) in [5.74, 6) is -1.69. The molecule has 0 aromatic heterocycles. The summed E-state index contributed by atoms with van der Waals surface area (Å²) in [5, 5.41) is 0.503. The molecule has 0 saturated carbocycles. The van der Waals surface area contributed by atoms with Gasteiger partial charge in [-0.1, -0.05) is 41.4 Å². The highest BCUT2D eigenvalue weighted by Crippen LogP contribution is 2.30. The largest absolute Gasteiger partial charge is 0.274 e. The number of halogens is 2. The highest BCUT2D eigenvalue weighted by atomic mass is 35.5. The number of aryl methyl sites for hydroxylation is 1. The first-order chi connectivity index (χ1) is 16.2. The molecule has 2 amide bonds. The van der Waals surface area contributed by atoms with E-state index in [1.165, 1.54) is 0 Å². The summed E-state index contributed by atoms with van der Waals surface area (Å²) in [6.45, 7) is 1.82. The molecule has 0 spiro atoms. The number of rotatable bonds is 7. The molecular weight excluding hydrogens is 479 g/mol. The first-order valence-corrected chi connectivity index (χ1v) is 12.4. The molecule has 176 valence electrons. The van der Waals surface area contributed by atoms with E-state index in [0.29, 0.717) is 10.7 Å². The first-order valence-electron chi connectivity index (χ1n) is 10.6. The second kappa shape index (κ2) is 9.66. The Morgan fingerprint density at radius 3 is 2.35 bits per heavy atom. The van der Waals surface area contributed by atoms with Crippen molar-refractivity contribution in [2.75, 3.05) is 11.4 Å². The van der Waals surface area contributed by atoms with Gasteiger partial charge in [0.05, 0.1) is 17.0 Å². The molecular formula is C25H22ClFN2O4S. The van der Waals surface area contributed by atoms with Crippen LogP contribution in [0.15, 0.2) is 77.7 Å². The van der Waals surface area contributed by atoms with Crippen molar-refractivity contribution in [1.29, 1.82) is 0 Å². The van der Waals surface area contributed by atoms with Crippen LogP contribution in [0.1, 0.15) is 17.5 Å². The lowest BCUT2D eigenvalue weighted by molar-refractivity contribution is -0.122. The average molecular weight is 501 g/mol. The summed E-state index contributed by atoms with van der Waals surface area (Å²) < 4.78 is 41.6. The van der Waals surface area contributed by atoms with Crippen LogP contribution in [0.2, 0.25) is 5.02 Å². The van der Waals surface area contributed by atoms with Gasteiger partial charge < -0.3 is 0 Å². The number of anilines is 1. The molecule has 4 rings (SSSR count). The van der Waals surface area contributed by atoms with E-state index in [0.717, 1.165) is 44.6 Å². The Morgan fingerprint density at radius 2 is 1.71 bits per heavy atom. The van der Waals surface area contributed by atoms with E-state index in [1.807, 2.05) is 6.92 Å². The van der Waals surface area contributed by atoms with E-state index >= 15 is 0 Å². The van der Waals surface area contributed by atoms with Crippen LogP contribution in [0.4, 0.5) is 10.1 Å². The maximum absolute atomic E-state index is 13.6. The van der Waals surface area contributed by atoms with Crippen LogP contribution in [-0.2, 0) is 26.0 Å².